The zero-order valence-electron chi connectivity index (χ0n) is 13.8. The zero-order chi connectivity index (χ0) is 18.7. The predicted molar refractivity (Wildman–Crippen MR) is 88.4 cm³/mol. The van der Waals surface area contributed by atoms with E-state index in [1.54, 1.807) is 6.92 Å². The van der Waals surface area contributed by atoms with Gasteiger partial charge in [-0.2, -0.15) is 13.2 Å². The standard InChI is InChI=1S/C16H21F3N2O3S/c1-2-9-25(23,24)21-8-4-5-12(11-21)15(22)20-14-7-3-6-13(10-14)16(17,18)19/h3,6-7,10,12H,2,4-5,8-9,11H2,1H3,(H,20,22)/t12-/m0/s1. The minimum Gasteiger partial charge on any atom is -0.326 e. The van der Waals surface area contributed by atoms with Crippen LogP contribution < -0.4 is 5.32 Å². The second-order valence-electron chi connectivity index (χ2n) is 6.08. The molecule has 5 nitrogen and oxygen atoms in total. The van der Waals surface area contributed by atoms with Gasteiger partial charge in [-0.3, -0.25) is 4.79 Å². The number of nitrogens with zero attached hydrogens (tertiary/aromatic N) is 1. The summed E-state index contributed by atoms with van der Waals surface area (Å²) >= 11 is 0. The molecule has 1 aliphatic heterocycles. The molecule has 0 aromatic heterocycles. The first kappa shape index (κ1) is 19.7. The molecule has 1 aromatic carbocycles. The summed E-state index contributed by atoms with van der Waals surface area (Å²) in [5.74, 6) is -1.01. The van der Waals surface area contributed by atoms with Gasteiger partial charge in [-0.05, 0) is 37.5 Å². The monoisotopic (exact) mass is 378 g/mol. The average molecular weight is 378 g/mol. The Bertz CT molecular complexity index is 720. The van der Waals surface area contributed by atoms with Crippen molar-refractivity contribution in [2.45, 2.75) is 32.4 Å². The van der Waals surface area contributed by atoms with E-state index in [-0.39, 0.29) is 18.0 Å². The quantitative estimate of drug-likeness (QED) is 0.856. The molecule has 0 bridgehead atoms. The Labute approximate surface area is 145 Å². The largest absolute Gasteiger partial charge is 0.416 e. The first-order valence-electron chi connectivity index (χ1n) is 8.09. The number of hydrogen-bond donors (Lipinski definition) is 1. The summed E-state index contributed by atoms with van der Waals surface area (Å²) in [5.41, 5.74) is -0.797. The highest BCUT2D eigenvalue weighted by molar-refractivity contribution is 7.89. The predicted octanol–water partition coefficient (Wildman–Crippen LogP) is 3.10. The molecule has 0 radical (unpaired) electrons. The van der Waals surface area contributed by atoms with Crippen LogP contribution in [0.1, 0.15) is 31.7 Å². The number of carbonyl (C=O) groups excluding carboxylic acids is 1. The van der Waals surface area contributed by atoms with E-state index in [0.717, 1.165) is 12.1 Å². The molecule has 1 atom stereocenters. The second-order valence-corrected chi connectivity index (χ2v) is 8.17. The van der Waals surface area contributed by atoms with Crippen LogP contribution in [0.25, 0.3) is 0 Å². The van der Waals surface area contributed by atoms with Crippen LogP contribution in [0.5, 0.6) is 0 Å². The van der Waals surface area contributed by atoms with E-state index in [9.17, 15) is 26.4 Å². The maximum Gasteiger partial charge on any atom is 0.416 e. The number of carbonyl (C=O) groups is 1. The molecule has 1 saturated heterocycles. The Balaban J connectivity index is 2.06. The fourth-order valence-electron chi connectivity index (χ4n) is 2.81. The second kappa shape index (κ2) is 7.74. The van der Waals surface area contributed by atoms with E-state index in [1.165, 1.54) is 16.4 Å². The highest BCUT2D eigenvalue weighted by Gasteiger charge is 2.33. The van der Waals surface area contributed by atoms with Gasteiger partial charge < -0.3 is 5.32 Å². The number of rotatable bonds is 5. The van der Waals surface area contributed by atoms with Crippen LogP contribution in [0, 0.1) is 5.92 Å². The topological polar surface area (TPSA) is 66.5 Å². The van der Waals surface area contributed by atoms with Crippen molar-refractivity contribution in [3.05, 3.63) is 29.8 Å². The van der Waals surface area contributed by atoms with Gasteiger partial charge in [0.2, 0.25) is 15.9 Å². The van der Waals surface area contributed by atoms with Crippen LogP contribution in [0.2, 0.25) is 0 Å². The Hall–Kier alpha value is -1.61. The number of anilines is 1. The van der Waals surface area contributed by atoms with Crippen LogP contribution in [0.4, 0.5) is 18.9 Å². The van der Waals surface area contributed by atoms with E-state index < -0.39 is 33.6 Å². The molecule has 0 saturated carbocycles. The number of alkyl halides is 3. The summed E-state index contributed by atoms with van der Waals surface area (Å²) in [5, 5.41) is 2.47. The molecule has 0 aliphatic carbocycles. The maximum absolute atomic E-state index is 12.7. The minimum absolute atomic E-state index is 0.0228. The van der Waals surface area contributed by atoms with Crippen LogP contribution in [-0.4, -0.2) is 37.5 Å². The first-order chi connectivity index (χ1) is 11.6. The molecule has 0 unspecified atom stereocenters. The van der Waals surface area contributed by atoms with E-state index in [0.29, 0.717) is 25.8 Å². The van der Waals surface area contributed by atoms with Gasteiger partial charge in [0.15, 0.2) is 0 Å². The Morgan fingerprint density at radius 3 is 2.72 bits per heavy atom. The maximum atomic E-state index is 12.7. The van der Waals surface area contributed by atoms with Crippen LogP contribution in [-0.2, 0) is 21.0 Å². The van der Waals surface area contributed by atoms with Crippen LogP contribution in [0.15, 0.2) is 24.3 Å². The van der Waals surface area contributed by atoms with Crippen molar-refractivity contribution in [3.63, 3.8) is 0 Å². The van der Waals surface area contributed by atoms with Crippen molar-refractivity contribution in [1.82, 2.24) is 4.31 Å². The molecular weight excluding hydrogens is 357 g/mol. The average Bonchev–Trinajstić information content (AvgIpc) is 2.54. The third kappa shape index (κ3) is 5.18. The van der Waals surface area contributed by atoms with Gasteiger partial charge in [0.05, 0.1) is 17.2 Å². The van der Waals surface area contributed by atoms with Gasteiger partial charge in [-0.25, -0.2) is 12.7 Å². The summed E-state index contributed by atoms with van der Waals surface area (Å²) in [6.07, 6.45) is -2.96. The van der Waals surface area contributed by atoms with Crippen LogP contribution in [0.3, 0.4) is 0 Å². The van der Waals surface area contributed by atoms with Crippen molar-refractivity contribution in [3.8, 4) is 0 Å². The highest BCUT2D eigenvalue weighted by Crippen LogP contribution is 2.31. The summed E-state index contributed by atoms with van der Waals surface area (Å²) in [6, 6.07) is 4.39. The molecule has 25 heavy (non-hydrogen) atoms. The fraction of sp³-hybridized carbons (Fsp3) is 0.562. The fourth-order valence-corrected chi connectivity index (χ4v) is 4.40. The molecule has 1 aliphatic rings. The van der Waals surface area contributed by atoms with Crippen molar-refractivity contribution in [2.75, 3.05) is 24.2 Å². The lowest BCUT2D eigenvalue weighted by Gasteiger charge is -2.31. The van der Waals surface area contributed by atoms with Gasteiger partial charge in [0.25, 0.3) is 0 Å². The highest BCUT2D eigenvalue weighted by atomic mass is 32.2. The Morgan fingerprint density at radius 1 is 1.36 bits per heavy atom. The van der Waals surface area contributed by atoms with Gasteiger partial charge >= 0.3 is 6.18 Å². The smallest absolute Gasteiger partial charge is 0.326 e. The molecule has 0 spiro atoms. The number of amides is 1. The molecule has 140 valence electrons. The summed E-state index contributed by atoms with van der Waals surface area (Å²) in [4.78, 5) is 12.3. The molecular formula is C16H21F3N2O3S. The van der Waals surface area contributed by atoms with E-state index >= 15 is 0 Å². The van der Waals surface area contributed by atoms with E-state index in [4.69, 9.17) is 0 Å². The van der Waals surface area contributed by atoms with Crippen molar-refractivity contribution in [2.24, 2.45) is 5.92 Å². The SMILES string of the molecule is CCCS(=O)(=O)N1CCC[C@H](C(=O)Nc2cccc(C(F)(F)F)c2)C1. The minimum atomic E-state index is -4.49. The van der Waals surface area contributed by atoms with Crippen molar-refractivity contribution >= 4 is 21.6 Å². The third-order valence-electron chi connectivity index (χ3n) is 4.07. The van der Waals surface area contributed by atoms with E-state index in [1.807, 2.05) is 0 Å². The number of benzene rings is 1. The molecule has 1 aromatic rings. The first-order valence-corrected chi connectivity index (χ1v) is 9.70. The number of piperidine rings is 1. The summed E-state index contributed by atoms with van der Waals surface area (Å²) < 4.78 is 63.8. The number of halogens is 3. The lowest BCUT2D eigenvalue weighted by atomic mass is 9.98. The van der Waals surface area contributed by atoms with Gasteiger partial charge in [-0.1, -0.05) is 13.0 Å². The third-order valence-corrected chi connectivity index (χ3v) is 6.11. The lowest BCUT2D eigenvalue weighted by molar-refractivity contribution is -0.137. The normalized spacial score (nSPS) is 19.6. The molecule has 1 N–H and O–H groups in total. The number of sulfonamides is 1. The summed E-state index contributed by atoms with van der Waals surface area (Å²) in [6.45, 7) is 2.20. The Morgan fingerprint density at radius 2 is 2.08 bits per heavy atom. The van der Waals surface area contributed by atoms with Crippen LogP contribution >= 0.6 is 0 Å². The lowest BCUT2D eigenvalue weighted by Crippen LogP contribution is -2.44. The van der Waals surface area contributed by atoms with Gasteiger partial charge in [0.1, 0.15) is 0 Å². The van der Waals surface area contributed by atoms with Gasteiger partial charge in [-0.15, -0.1) is 0 Å². The molecule has 2 rings (SSSR count). The van der Waals surface area contributed by atoms with Gasteiger partial charge in [0, 0.05) is 18.8 Å². The molecule has 1 fully saturated rings. The Kier molecular flexibility index (Phi) is 6.10. The van der Waals surface area contributed by atoms with Crippen molar-refractivity contribution < 1.29 is 26.4 Å². The number of hydrogen-bond acceptors (Lipinski definition) is 3. The summed E-state index contributed by atoms with van der Waals surface area (Å²) in [7, 11) is -3.39. The molecule has 1 amide bonds. The molecule has 9 heteroatoms. The zero-order valence-corrected chi connectivity index (χ0v) is 14.7. The van der Waals surface area contributed by atoms with Crippen molar-refractivity contribution in [1.29, 1.82) is 0 Å². The van der Waals surface area contributed by atoms with E-state index in [2.05, 4.69) is 5.32 Å². The molecule has 1 heterocycles. The number of nitrogens with one attached hydrogen (secondary N) is 1.